The molecule has 0 saturated carbocycles. The van der Waals surface area contributed by atoms with Gasteiger partial charge in [0, 0.05) is 42.0 Å². The number of nitrogens with one attached hydrogen (secondary N) is 2. The maximum absolute atomic E-state index is 12.1. The number of rotatable bonds is 8. The van der Waals surface area contributed by atoms with Gasteiger partial charge in [-0.25, -0.2) is 0 Å². The smallest absolute Gasteiger partial charge is 0.191 e. The van der Waals surface area contributed by atoms with Gasteiger partial charge < -0.3 is 15.4 Å². The van der Waals surface area contributed by atoms with Crippen molar-refractivity contribution in [2.24, 2.45) is 4.99 Å². The monoisotopic (exact) mass is 465 g/mol. The van der Waals surface area contributed by atoms with Crippen molar-refractivity contribution >= 4 is 40.7 Å². The van der Waals surface area contributed by atoms with Crippen LogP contribution in [-0.2, 0) is 21.3 Å². The van der Waals surface area contributed by atoms with Crippen molar-refractivity contribution < 1.29 is 8.95 Å². The first-order chi connectivity index (χ1) is 11.3. The van der Waals surface area contributed by atoms with Crippen molar-refractivity contribution in [1.82, 2.24) is 10.6 Å². The van der Waals surface area contributed by atoms with Gasteiger partial charge >= 0.3 is 0 Å². The number of guanidine groups is 1. The van der Waals surface area contributed by atoms with Gasteiger partial charge in [-0.15, -0.1) is 24.0 Å². The van der Waals surface area contributed by atoms with Gasteiger partial charge in [-0.2, -0.15) is 0 Å². The number of hydrogen-bond acceptors (Lipinski definition) is 3. The van der Waals surface area contributed by atoms with E-state index in [-0.39, 0.29) is 30.1 Å². The Morgan fingerprint density at radius 3 is 2.79 bits per heavy atom. The molecule has 0 amide bonds. The number of halogens is 1. The molecule has 1 aromatic rings. The molecule has 24 heavy (non-hydrogen) atoms. The fourth-order valence-electron chi connectivity index (χ4n) is 2.44. The molecule has 1 saturated heterocycles. The summed E-state index contributed by atoms with van der Waals surface area (Å²) in [5.41, 5.74) is 1.12. The van der Waals surface area contributed by atoms with Gasteiger partial charge in [-0.3, -0.25) is 9.20 Å². The van der Waals surface area contributed by atoms with Crippen LogP contribution >= 0.6 is 24.0 Å². The zero-order valence-electron chi connectivity index (χ0n) is 14.2. The minimum absolute atomic E-state index is 0. The van der Waals surface area contributed by atoms with Crippen LogP contribution in [0.1, 0.15) is 25.3 Å². The van der Waals surface area contributed by atoms with E-state index in [9.17, 15) is 4.21 Å². The van der Waals surface area contributed by atoms with Crippen LogP contribution in [0.5, 0.6) is 0 Å². The zero-order chi connectivity index (χ0) is 16.3. The topological polar surface area (TPSA) is 62.7 Å². The predicted octanol–water partition coefficient (Wildman–Crippen LogP) is 2.29. The number of benzene rings is 1. The Kier molecular flexibility index (Phi) is 11.3. The number of aliphatic imine (C=N–C) groups is 1. The van der Waals surface area contributed by atoms with Crippen molar-refractivity contribution in [1.29, 1.82) is 0 Å². The van der Waals surface area contributed by atoms with Crippen molar-refractivity contribution in [3.8, 4) is 0 Å². The summed E-state index contributed by atoms with van der Waals surface area (Å²) in [6, 6.07) is 9.95. The minimum atomic E-state index is -0.867. The largest absolute Gasteiger partial charge is 0.376 e. The van der Waals surface area contributed by atoms with E-state index in [1.807, 2.05) is 37.3 Å². The van der Waals surface area contributed by atoms with Gasteiger partial charge in [0.1, 0.15) is 0 Å². The quantitative estimate of drug-likeness (QED) is 0.352. The van der Waals surface area contributed by atoms with E-state index < -0.39 is 10.8 Å². The fourth-order valence-corrected chi connectivity index (χ4v) is 3.48. The SMILES string of the molecule is CCNC(=NCC1CCCO1)NCCS(=O)Cc1ccccc1.I. The van der Waals surface area contributed by atoms with Gasteiger partial charge in [0.25, 0.3) is 0 Å². The van der Waals surface area contributed by atoms with Crippen LogP contribution in [-0.4, -0.2) is 48.3 Å². The van der Waals surface area contributed by atoms with Gasteiger partial charge in [0.2, 0.25) is 0 Å². The summed E-state index contributed by atoms with van der Waals surface area (Å²) in [5, 5.41) is 6.47. The first-order valence-corrected chi connectivity index (χ1v) is 9.79. The standard InChI is InChI=1S/C17H27N3O2S.HI/c1-2-18-17(20-13-16-9-6-11-22-16)19-10-12-23(21)14-15-7-4-3-5-8-15;/h3-5,7-8,16H,2,6,9-14H2,1H3,(H2,18,19,20);1H. The van der Waals surface area contributed by atoms with Crippen LogP contribution in [0.2, 0.25) is 0 Å². The average molecular weight is 465 g/mol. The molecule has 1 aliphatic rings. The molecular formula is C17H28IN3O2S. The van der Waals surface area contributed by atoms with Crippen molar-refractivity contribution in [2.75, 3.05) is 32.0 Å². The van der Waals surface area contributed by atoms with Crippen LogP contribution in [0.3, 0.4) is 0 Å². The summed E-state index contributed by atoms with van der Waals surface area (Å²) in [7, 11) is -0.867. The Hall–Kier alpha value is -0.670. The van der Waals surface area contributed by atoms with Gasteiger partial charge in [-0.1, -0.05) is 30.3 Å². The highest BCUT2D eigenvalue weighted by molar-refractivity contribution is 14.0. The molecule has 2 N–H and O–H groups in total. The second-order valence-electron chi connectivity index (χ2n) is 5.56. The average Bonchev–Trinajstić information content (AvgIpc) is 3.07. The Labute approximate surface area is 164 Å². The first kappa shape index (κ1) is 21.4. The van der Waals surface area contributed by atoms with Gasteiger partial charge in [0.15, 0.2) is 5.96 Å². The molecule has 0 aromatic heterocycles. The third kappa shape index (κ3) is 8.43. The lowest BCUT2D eigenvalue weighted by atomic mass is 10.2. The minimum Gasteiger partial charge on any atom is -0.376 e. The number of ether oxygens (including phenoxy) is 1. The van der Waals surface area contributed by atoms with E-state index in [0.29, 0.717) is 24.6 Å². The molecule has 1 fully saturated rings. The van der Waals surface area contributed by atoms with E-state index in [4.69, 9.17) is 4.74 Å². The molecule has 5 nitrogen and oxygen atoms in total. The molecule has 0 aliphatic carbocycles. The lowest BCUT2D eigenvalue weighted by Crippen LogP contribution is -2.39. The summed E-state index contributed by atoms with van der Waals surface area (Å²) in [5.74, 6) is 1.99. The molecule has 1 aliphatic heterocycles. The maximum Gasteiger partial charge on any atom is 0.191 e. The molecule has 2 unspecified atom stereocenters. The first-order valence-electron chi connectivity index (χ1n) is 8.30. The summed E-state index contributed by atoms with van der Waals surface area (Å²) in [6.45, 7) is 5.03. The second-order valence-corrected chi connectivity index (χ2v) is 7.13. The van der Waals surface area contributed by atoms with E-state index in [1.54, 1.807) is 0 Å². The highest BCUT2D eigenvalue weighted by Crippen LogP contribution is 2.11. The van der Waals surface area contributed by atoms with Crippen molar-refractivity contribution in [3.05, 3.63) is 35.9 Å². The predicted molar refractivity (Wildman–Crippen MR) is 112 cm³/mol. The van der Waals surface area contributed by atoms with Gasteiger partial charge in [0.05, 0.1) is 12.6 Å². The molecule has 0 spiro atoms. The third-order valence-electron chi connectivity index (χ3n) is 3.61. The summed E-state index contributed by atoms with van der Waals surface area (Å²) in [4.78, 5) is 4.55. The molecule has 1 heterocycles. The van der Waals surface area contributed by atoms with Crippen LogP contribution < -0.4 is 10.6 Å². The number of hydrogen-bond donors (Lipinski definition) is 2. The highest BCUT2D eigenvalue weighted by Gasteiger charge is 2.14. The van der Waals surface area contributed by atoms with Crippen molar-refractivity contribution in [3.63, 3.8) is 0 Å². The van der Waals surface area contributed by atoms with E-state index in [2.05, 4.69) is 15.6 Å². The Balaban J connectivity index is 0.00000288. The van der Waals surface area contributed by atoms with Crippen LogP contribution in [0, 0.1) is 0 Å². The molecule has 2 rings (SSSR count). The Morgan fingerprint density at radius 1 is 1.33 bits per heavy atom. The summed E-state index contributed by atoms with van der Waals surface area (Å²) in [6.07, 6.45) is 2.46. The van der Waals surface area contributed by atoms with Gasteiger partial charge in [-0.05, 0) is 25.3 Å². The Morgan fingerprint density at radius 2 is 2.12 bits per heavy atom. The summed E-state index contributed by atoms with van der Waals surface area (Å²) < 4.78 is 17.7. The molecule has 2 atom stereocenters. The number of nitrogens with zero attached hydrogens (tertiary/aromatic N) is 1. The lowest BCUT2D eigenvalue weighted by molar-refractivity contribution is 0.117. The molecule has 0 bridgehead atoms. The van der Waals surface area contributed by atoms with Crippen molar-refractivity contribution in [2.45, 2.75) is 31.6 Å². The fraction of sp³-hybridized carbons (Fsp3) is 0.588. The van der Waals surface area contributed by atoms with E-state index in [0.717, 1.165) is 37.5 Å². The van der Waals surface area contributed by atoms with E-state index in [1.165, 1.54) is 0 Å². The molecular weight excluding hydrogens is 437 g/mol. The zero-order valence-corrected chi connectivity index (χ0v) is 17.3. The van der Waals surface area contributed by atoms with Crippen LogP contribution in [0.15, 0.2) is 35.3 Å². The maximum atomic E-state index is 12.1. The van der Waals surface area contributed by atoms with Crippen LogP contribution in [0.4, 0.5) is 0 Å². The second kappa shape index (κ2) is 12.7. The molecule has 7 heteroatoms. The molecule has 0 radical (unpaired) electrons. The Bertz CT molecular complexity index is 508. The summed E-state index contributed by atoms with van der Waals surface area (Å²) >= 11 is 0. The highest BCUT2D eigenvalue weighted by atomic mass is 127. The van der Waals surface area contributed by atoms with Crippen LogP contribution in [0.25, 0.3) is 0 Å². The third-order valence-corrected chi connectivity index (χ3v) is 4.93. The van der Waals surface area contributed by atoms with E-state index >= 15 is 0 Å². The molecule has 136 valence electrons. The lowest BCUT2D eigenvalue weighted by Gasteiger charge is -2.12. The normalized spacial score (nSPS) is 18.7. The molecule has 1 aromatic carbocycles.